The van der Waals surface area contributed by atoms with E-state index in [0.717, 1.165) is 22.4 Å². The van der Waals surface area contributed by atoms with Crippen molar-refractivity contribution >= 4 is 27.6 Å². The van der Waals surface area contributed by atoms with E-state index in [9.17, 15) is 4.79 Å². The van der Waals surface area contributed by atoms with Gasteiger partial charge in [-0.15, -0.1) is 0 Å². The van der Waals surface area contributed by atoms with E-state index in [2.05, 4.69) is 21.0 Å². The molecule has 0 aliphatic rings. The molecule has 112 valence electrons. The number of benzene rings is 1. The van der Waals surface area contributed by atoms with E-state index in [0.29, 0.717) is 18.0 Å². The van der Waals surface area contributed by atoms with Crippen LogP contribution < -0.4 is 10.5 Å². The van der Waals surface area contributed by atoms with Gasteiger partial charge in [0.1, 0.15) is 12.4 Å². The Morgan fingerprint density at radius 1 is 1.52 bits per heavy atom. The van der Waals surface area contributed by atoms with Crippen LogP contribution in [-0.2, 0) is 13.2 Å². The molecule has 0 aliphatic carbocycles. The molecule has 0 spiro atoms. The highest BCUT2D eigenvalue weighted by Gasteiger charge is 2.14. The number of halogens is 1. The first-order valence-electron chi connectivity index (χ1n) is 6.41. The lowest BCUT2D eigenvalue weighted by Gasteiger charge is -2.11. The largest absolute Gasteiger partial charge is 0.485 e. The molecule has 0 radical (unpaired) electrons. The summed E-state index contributed by atoms with van der Waals surface area (Å²) in [5.41, 5.74) is 8.05. The summed E-state index contributed by atoms with van der Waals surface area (Å²) in [7, 11) is 0. The van der Waals surface area contributed by atoms with Gasteiger partial charge in [0.15, 0.2) is 0 Å². The van der Waals surface area contributed by atoms with Gasteiger partial charge in [-0.3, -0.25) is 4.68 Å². The van der Waals surface area contributed by atoms with Gasteiger partial charge in [0.2, 0.25) is 0 Å². The zero-order valence-corrected chi connectivity index (χ0v) is 13.3. The predicted molar refractivity (Wildman–Crippen MR) is 82.5 cm³/mol. The van der Waals surface area contributed by atoms with Crippen LogP contribution in [0.15, 0.2) is 22.7 Å². The van der Waals surface area contributed by atoms with Crippen LogP contribution in [0, 0.1) is 6.92 Å². The molecular weight excluding hydrogens is 338 g/mol. The molecule has 2 aromatic rings. The van der Waals surface area contributed by atoms with Crippen molar-refractivity contribution < 1.29 is 14.6 Å². The average Bonchev–Trinajstić information content (AvgIpc) is 2.72. The molecule has 0 amide bonds. The highest BCUT2D eigenvalue weighted by atomic mass is 79.9. The van der Waals surface area contributed by atoms with Crippen LogP contribution >= 0.6 is 15.9 Å². The Morgan fingerprint density at radius 2 is 2.24 bits per heavy atom. The van der Waals surface area contributed by atoms with Crippen LogP contribution in [0.3, 0.4) is 0 Å². The predicted octanol–water partition coefficient (Wildman–Crippen LogP) is 2.83. The van der Waals surface area contributed by atoms with Crippen LogP contribution in [-0.4, -0.2) is 20.9 Å². The first-order chi connectivity index (χ1) is 9.93. The Balaban J connectivity index is 2.19. The van der Waals surface area contributed by atoms with Crippen LogP contribution in [0.25, 0.3) is 0 Å². The number of hydrogen-bond acceptors (Lipinski definition) is 4. The first kappa shape index (κ1) is 15.4. The lowest BCUT2D eigenvalue weighted by atomic mass is 10.2. The molecule has 3 N–H and O–H groups in total. The minimum absolute atomic E-state index is 0.135. The summed E-state index contributed by atoms with van der Waals surface area (Å²) in [4.78, 5) is 10.9. The Labute approximate surface area is 130 Å². The van der Waals surface area contributed by atoms with Crippen molar-refractivity contribution in [1.29, 1.82) is 0 Å². The van der Waals surface area contributed by atoms with E-state index in [1.54, 1.807) is 6.07 Å². The Kier molecular flexibility index (Phi) is 4.52. The number of aromatic carboxylic acids is 1. The SMILES string of the molecule is CCn1nc(C)c(Br)c1COc1ccc(C(=O)O)cc1N. The molecule has 0 unspecified atom stereocenters. The van der Waals surface area contributed by atoms with Gasteiger partial charge in [-0.05, 0) is 48.0 Å². The topological polar surface area (TPSA) is 90.4 Å². The normalized spacial score (nSPS) is 10.6. The summed E-state index contributed by atoms with van der Waals surface area (Å²) in [6, 6.07) is 4.41. The van der Waals surface area contributed by atoms with E-state index >= 15 is 0 Å². The van der Waals surface area contributed by atoms with Crippen molar-refractivity contribution in [1.82, 2.24) is 9.78 Å². The van der Waals surface area contributed by atoms with E-state index in [4.69, 9.17) is 15.6 Å². The van der Waals surface area contributed by atoms with E-state index in [1.165, 1.54) is 12.1 Å². The smallest absolute Gasteiger partial charge is 0.335 e. The molecule has 0 aliphatic heterocycles. The van der Waals surface area contributed by atoms with Crippen LogP contribution in [0.5, 0.6) is 5.75 Å². The number of aryl methyl sites for hydroxylation is 2. The minimum Gasteiger partial charge on any atom is -0.485 e. The monoisotopic (exact) mass is 353 g/mol. The standard InChI is InChI=1S/C14H16BrN3O3/c1-3-18-11(13(15)8(2)17-18)7-21-12-5-4-9(14(19)20)6-10(12)16/h4-6H,3,7,16H2,1-2H3,(H,19,20). The lowest BCUT2D eigenvalue weighted by molar-refractivity contribution is 0.0697. The number of anilines is 1. The van der Waals surface area contributed by atoms with Gasteiger partial charge in [0, 0.05) is 6.54 Å². The highest BCUT2D eigenvalue weighted by molar-refractivity contribution is 9.10. The van der Waals surface area contributed by atoms with Gasteiger partial charge in [-0.1, -0.05) is 0 Å². The van der Waals surface area contributed by atoms with Gasteiger partial charge in [0.05, 0.1) is 27.1 Å². The number of rotatable bonds is 5. The Hall–Kier alpha value is -2.02. The third-order valence-corrected chi connectivity index (χ3v) is 4.11. The fourth-order valence-electron chi connectivity index (χ4n) is 1.97. The Bertz CT molecular complexity index is 682. The zero-order chi connectivity index (χ0) is 15.6. The van der Waals surface area contributed by atoms with Gasteiger partial charge in [-0.25, -0.2) is 4.79 Å². The molecule has 0 fully saturated rings. The number of nitrogens with two attached hydrogens (primary N) is 1. The molecule has 7 heteroatoms. The molecule has 0 saturated carbocycles. The molecular formula is C14H16BrN3O3. The van der Waals surface area contributed by atoms with Crippen molar-refractivity contribution in [3.8, 4) is 5.75 Å². The number of aromatic nitrogens is 2. The number of carboxylic acid groups (broad SMARTS) is 1. The third-order valence-electron chi connectivity index (χ3n) is 3.07. The molecule has 6 nitrogen and oxygen atoms in total. The van der Waals surface area contributed by atoms with Crippen molar-refractivity contribution in [3.05, 3.63) is 39.6 Å². The third kappa shape index (κ3) is 3.18. The first-order valence-corrected chi connectivity index (χ1v) is 7.20. The maximum atomic E-state index is 10.9. The van der Waals surface area contributed by atoms with Crippen molar-refractivity contribution in [2.45, 2.75) is 27.0 Å². The van der Waals surface area contributed by atoms with E-state index in [1.807, 2.05) is 18.5 Å². The molecule has 0 atom stereocenters. The molecule has 1 aromatic carbocycles. The van der Waals surface area contributed by atoms with Crippen molar-refractivity contribution in [3.63, 3.8) is 0 Å². The summed E-state index contributed by atoms with van der Waals surface area (Å²) in [5.74, 6) is -0.566. The summed E-state index contributed by atoms with van der Waals surface area (Å²) in [5, 5.41) is 13.3. The van der Waals surface area contributed by atoms with Gasteiger partial charge < -0.3 is 15.6 Å². The number of nitrogens with zero attached hydrogens (tertiary/aromatic N) is 2. The Morgan fingerprint density at radius 3 is 2.81 bits per heavy atom. The number of nitrogen functional groups attached to an aromatic ring is 1. The molecule has 2 rings (SSSR count). The molecule has 1 aromatic heterocycles. The zero-order valence-electron chi connectivity index (χ0n) is 11.8. The second-order valence-electron chi connectivity index (χ2n) is 4.51. The van der Waals surface area contributed by atoms with Gasteiger partial charge in [0.25, 0.3) is 0 Å². The highest BCUT2D eigenvalue weighted by Crippen LogP contribution is 2.26. The number of carbonyl (C=O) groups is 1. The van der Waals surface area contributed by atoms with Crippen molar-refractivity contribution in [2.24, 2.45) is 0 Å². The summed E-state index contributed by atoms with van der Waals surface area (Å²) < 4.78 is 8.44. The van der Waals surface area contributed by atoms with Crippen molar-refractivity contribution in [2.75, 3.05) is 5.73 Å². The molecule has 0 bridgehead atoms. The van der Waals surface area contributed by atoms with Crippen LogP contribution in [0.2, 0.25) is 0 Å². The quantitative estimate of drug-likeness (QED) is 0.806. The lowest BCUT2D eigenvalue weighted by Crippen LogP contribution is -2.08. The summed E-state index contributed by atoms with van der Waals surface area (Å²) in [6.45, 7) is 4.94. The number of carboxylic acids is 1. The average molecular weight is 354 g/mol. The molecule has 21 heavy (non-hydrogen) atoms. The molecule has 0 saturated heterocycles. The maximum absolute atomic E-state index is 10.9. The van der Waals surface area contributed by atoms with Crippen LogP contribution in [0.1, 0.15) is 28.7 Å². The van der Waals surface area contributed by atoms with Gasteiger partial charge in [-0.2, -0.15) is 5.10 Å². The summed E-state index contributed by atoms with van der Waals surface area (Å²) in [6.07, 6.45) is 0. The van der Waals surface area contributed by atoms with E-state index in [-0.39, 0.29) is 5.56 Å². The fraction of sp³-hybridized carbons (Fsp3) is 0.286. The van der Waals surface area contributed by atoms with Crippen LogP contribution in [0.4, 0.5) is 5.69 Å². The second-order valence-corrected chi connectivity index (χ2v) is 5.30. The minimum atomic E-state index is -1.02. The second kappa shape index (κ2) is 6.17. The fourth-order valence-corrected chi connectivity index (χ4v) is 2.36. The maximum Gasteiger partial charge on any atom is 0.335 e. The summed E-state index contributed by atoms with van der Waals surface area (Å²) >= 11 is 3.49. The number of ether oxygens (including phenoxy) is 1. The van der Waals surface area contributed by atoms with Gasteiger partial charge >= 0.3 is 5.97 Å². The van der Waals surface area contributed by atoms with E-state index < -0.39 is 5.97 Å². The molecule has 1 heterocycles. The number of hydrogen-bond donors (Lipinski definition) is 2.